The number of nitrogens with two attached hydrogens (primary N) is 1. The Bertz CT molecular complexity index is 450. The van der Waals surface area contributed by atoms with E-state index >= 15 is 0 Å². The second kappa shape index (κ2) is 6.21. The highest BCUT2D eigenvalue weighted by Gasteiger charge is 2.21. The van der Waals surface area contributed by atoms with E-state index in [-0.39, 0.29) is 5.54 Å². The van der Waals surface area contributed by atoms with Gasteiger partial charge in [-0.05, 0) is 37.5 Å². The molecule has 2 N–H and O–H groups in total. The average Bonchev–Trinajstić information content (AvgIpc) is 2.25. The quantitative estimate of drug-likeness (QED) is 0.906. The predicted molar refractivity (Wildman–Crippen MR) is 76.4 cm³/mol. The molecule has 3 nitrogen and oxygen atoms in total. The van der Waals surface area contributed by atoms with Crippen LogP contribution in [0.4, 0.5) is 0 Å². The van der Waals surface area contributed by atoms with Crippen LogP contribution in [0, 0.1) is 17.2 Å². The standard InChI is InChI=1S/C14H19BrN2O/c1-10(2)7-14(3,17)9-18-13-5-4-12(15)6-11(13)8-16/h4-6,10H,7,9,17H2,1-3H3/t14-/m0/s1. The molecule has 0 radical (unpaired) electrons. The first kappa shape index (κ1) is 15.0. The van der Waals surface area contributed by atoms with Gasteiger partial charge in [-0.1, -0.05) is 29.8 Å². The van der Waals surface area contributed by atoms with Crippen molar-refractivity contribution in [1.29, 1.82) is 5.26 Å². The van der Waals surface area contributed by atoms with Crippen LogP contribution in [0.3, 0.4) is 0 Å². The van der Waals surface area contributed by atoms with Crippen molar-refractivity contribution in [2.24, 2.45) is 11.7 Å². The van der Waals surface area contributed by atoms with Crippen molar-refractivity contribution in [2.45, 2.75) is 32.7 Å². The van der Waals surface area contributed by atoms with Gasteiger partial charge in [-0.3, -0.25) is 0 Å². The molecule has 0 aromatic heterocycles. The fourth-order valence-electron chi connectivity index (χ4n) is 1.95. The highest BCUT2D eigenvalue weighted by atomic mass is 79.9. The Hall–Kier alpha value is -1.05. The zero-order chi connectivity index (χ0) is 13.8. The summed E-state index contributed by atoms with van der Waals surface area (Å²) in [5, 5.41) is 9.04. The van der Waals surface area contributed by atoms with E-state index in [1.165, 1.54) is 0 Å². The fourth-order valence-corrected chi connectivity index (χ4v) is 2.31. The molecule has 0 aliphatic rings. The van der Waals surface area contributed by atoms with E-state index in [1.54, 1.807) is 12.1 Å². The lowest BCUT2D eigenvalue weighted by Gasteiger charge is -2.26. The molecule has 0 heterocycles. The Kier molecular flexibility index (Phi) is 5.18. The topological polar surface area (TPSA) is 59.0 Å². The molecule has 1 atom stereocenters. The van der Waals surface area contributed by atoms with E-state index in [2.05, 4.69) is 35.8 Å². The van der Waals surface area contributed by atoms with Crippen LogP contribution in [-0.4, -0.2) is 12.1 Å². The number of hydrogen-bond donors (Lipinski definition) is 1. The Morgan fingerprint density at radius 2 is 2.17 bits per heavy atom. The van der Waals surface area contributed by atoms with Crippen LogP contribution in [0.5, 0.6) is 5.75 Å². The van der Waals surface area contributed by atoms with E-state index in [9.17, 15) is 0 Å². The molecule has 0 saturated heterocycles. The van der Waals surface area contributed by atoms with Gasteiger partial charge >= 0.3 is 0 Å². The van der Waals surface area contributed by atoms with Crippen LogP contribution in [0.25, 0.3) is 0 Å². The summed E-state index contributed by atoms with van der Waals surface area (Å²) in [6.07, 6.45) is 0.880. The van der Waals surface area contributed by atoms with E-state index in [0.717, 1.165) is 10.9 Å². The third kappa shape index (κ3) is 4.67. The Balaban J connectivity index is 2.72. The third-order valence-corrected chi connectivity index (χ3v) is 2.99. The summed E-state index contributed by atoms with van der Waals surface area (Å²) in [5.74, 6) is 1.10. The zero-order valence-corrected chi connectivity index (χ0v) is 12.6. The number of rotatable bonds is 5. The molecule has 98 valence electrons. The molecule has 0 fully saturated rings. The summed E-state index contributed by atoms with van der Waals surface area (Å²) in [5.41, 5.74) is 6.31. The summed E-state index contributed by atoms with van der Waals surface area (Å²) in [6.45, 7) is 6.64. The fraction of sp³-hybridized carbons (Fsp3) is 0.500. The molecular formula is C14H19BrN2O. The van der Waals surface area contributed by atoms with Gasteiger partial charge in [0.05, 0.1) is 5.56 Å². The molecule has 1 aromatic carbocycles. The Morgan fingerprint density at radius 3 is 2.72 bits per heavy atom. The van der Waals surface area contributed by atoms with Crippen LogP contribution in [0.1, 0.15) is 32.8 Å². The second-order valence-corrected chi connectivity index (χ2v) is 6.21. The summed E-state index contributed by atoms with van der Waals surface area (Å²) < 4.78 is 6.55. The Morgan fingerprint density at radius 1 is 1.50 bits per heavy atom. The summed E-state index contributed by atoms with van der Waals surface area (Å²) in [4.78, 5) is 0. The van der Waals surface area contributed by atoms with Crippen LogP contribution < -0.4 is 10.5 Å². The molecule has 1 aromatic rings. The monoisotopic (exact) mass is 310 g/mol. The first-order valence-electron chi connectivity index (χ1n) is 5.95. The van der Waals surface area contributed by atoms with Crippen molar-refractivity contribution in [3.05, 3.63) is 28.2 Å². The van der Waals surface area contributed by atoms with Crippen molar-refractivity contribution in [1.82, 2.24) is 0 Å². The number of nitriles is 1. The summed E-state index contributed by atoms with van der Waals surface area (Å²) in [6, 6.07) is 7.50. The summed E-state index contributed by atoms with van der Waals surface area (Å²) in [7, 11) is 0. The normalized spacial score (nSPS) is 14.1. The maximum atomic E-state index is 9.04. The van der Waals surface area contributed by atoms with Crippen LogP contribution in [0.15, 0.2) is 22.7 Å². The van der Waals surface area contributed by atoms with E-state index in [0.29, 0.717) is 23.8 Å². The van der Waals surface area contributed by atoms with Gasteiger partial charge < -0.3 is 10.5 Å². The molecule has 0 aliphatic carbocycles. The number of nitrogens with zero attached hydrogens (tertiary/aromatic N) is 1. The van der Waals surface area contributed by atoms with E-state index in [4.69, 9.17) is 15.7 Å². The van der Waals surface area contributed by atoms with Crippen LogP contribution in [-0.2, 0) is 0 Å². The van der Waals surface area contributed by atoms with Gasteiger partial charge in [-0.15, -0.1) is 0 Å². The van der Waals surface area contributed by atoms with Crippen molar-refractivity contribution in [3.63, 3.8) is 0 Å². The first-order chi connectivity index (χ1) is 8.34. The SMILES string of the molecule is CC(C)C[C@](C)(N)COc1ccc(Br)cc1C#N. The molecule has 0 unspecified atom stereocenters. The van der Waals surface area contributed by atoms with Gasteiger partial charge in [0.2, 0.25) is 0 Å². The van der Waals surface area contributed by atoms with Crippen molar-refractivity contribution < 1.29 is 4.74 Å². The average molecular weight is 311 g/mol. The molecule has 0 bridgehead atoms. The lowest BCUT2D eigenvalue weighted by molar-refractivity contribution is 0.206. The smallest absolute Gasteiger partial charge is 0.137 e. The van der Waals surface area contributed by atoms with Crippen molar-refractivity contribution in [3.8, 4) is 11.8 Å². The minimum atomic E-state index is -0.381. The number of ether oxygens (including phenoxy) is 1. The van der Waals surface area contributed by atoms with Gasteiger partial charge in [-0.25, -0.2) is 0 Å². The molecule has 0 amide bonds. The lowest BCUT2D eigenvalue weighted by Crippen LogP contribution is -2.43. The second-order valence-electron chi connectivity index (χ2n) is 5.29. The Labute approximate surface area is 117 Å². The van der Waals surface area contributed by atoms with Crippen molar-refractivity contribution >= 4 is 15.9 Å². The van der Waals surface area contributed by atoms with Gasteiger partial charge in [0, 0.05) is 10.0 Å². The molecule has 4 heteroatoms. The zero-order valence-electron chi connectivity index (χ0n) is 11.0. The maximum absolute atomic E-state index is 9.04. The van der Waals surface area contributed by atoms with Crippen molar-refractivity contribution in [2.75, 3.05) is 6.61 Å². The summed E-state index contributed by atoms with van der Waals surface area (Å²) >= 11 is 3.33. The highest BCUT2D eigenvalue weighted by Crippen LogP contribution is 2.24. The maximum Gasteiger partial charge on any atom is 0.137 e. The van der Waals surface area contributed by atoms with E-state index in [1.807, 2.05) is 13.0 Å². The number of benzene rings is 1. The highest BCUT2D eigenvalue weighted by molar-refractivity contribution is 9.10. The van der Waals surface area contributed by atoms with Gasteiger partial charge in [0.1, 0.15) is 18.4 Å². The molecule has 18 heavy (non-hydrogen) atoms. The first-order valence-corrected chi connectivity index (χ1v) is 6.75. The molecule has 0 saturated carbocycles. The molecular weight excluding hydrogens is 292 g/mol. The van der Waals surface area contributed by atoms with Gasteiger partial charge in [0.25, 0.3) is 0 Å². The third-order valence-electron chi connectivity index (χ3n) is 2.49. The molecule has 1 rings (SSSR count). The molecule has 0 aliphatic heterocycles. The van der Waals surface area contributed by atoms with Crippen LogP contribution in [0.2, 0.25) is 0 Å². The predicted octanol–water partition coefficient (Wildman–Crippen LogP) is 3.46. The largest absolute Gasteiger partial charge is 0.490 e. The minimum Gasteiger partial charge on any atom is -0.490 e. The van der Waals surface area contributed by atoms with Gasteiger partial charge in [0.15, 0.2) is 0 Å². The number of halogens is 1. The van der Waals surface area contributed by atoms with Gasteiger partial charge in [-0.2, -0.15) is 5.26 Å². The lowest BCUT2D eigenvalue weighted by atomic mass is 9.93. The van der Waals surface area contributed by atoms with Crippen LogP contribution >= 0.6 is 15.9 Å². The molecule has 0 spiro atoms. The number of hydrogen-bond acceptors (Lipinski definition) is 3. The van der Waals surface area contributed by atoms with E-state index < -0.39 is 0 Å². The minimum absolute atomic E-state index is 0.381.